The molecule has 0 aliphatic rings. The van der Waals surface area contributed by atoms with Crippen LogP contribution in [0.15, 0.2) is 97.1 Å². The lowest BCUT2D eigenvalue weighted by molar-refractivity contribution is -0.384. The molecule has 0 amide bonds. The largest absolute Gasteiger partial charge is 0.381 e. The van der Waals surface area contributed by atoms with Gasteiger partial charge in [0.1, 0.15) is 0 Å². The second-order valence-electron chi connectivity index (χ2n) is 7.55. The number of non-ortho nitro benzene ring substituents is 1. The molecule has 0 saturated carbocycles. The van der Waals surface area contributed by atoms with Crippen molar-refractivity contribution in [1.82, 2.24) is 0 Å². The number of hydrogen-bond donors (Lipinski definition) is 3. The number of nitro groups is 1. The van der Waals surface area contributed by atoms with Gasteiger partial charge in [-0.25, -0.2) is 0 Å². The number of nitro benzene ring substituents is 1. The minimum Gasteiger partial charge on any atom is -0.381 e. The van der Waals surface area contributed by atoms with E-state index in [-0.39, 0.29) is 5.69 Å². The molecule has 0 unspecified atom stereocenters. The number of aryl methyl sites for hydroxylation is 1. The van der Waals surface area contributed by atoms with E-state index < -0.39 is 4.92 Å². The molecule has 0 bridgehead atoms. The van der Waals surface area contributed by atoms with E-state index in [9.17, 15) is 10.1 Å². The van der Waals surface area contributed by atoms with E-state index >= 15 is 0 Å². The number of anilines is 5. The monoisotopic (exact) mass is 424 g/mol. The lowest BCUT2D eigenvalue weighted by Gasteiger charge is -2.11. The summed E-state index contributed by atoms with van der Waals surface area (Å²) in [5, 5.41) is 20.8. The summed E-state index contributed by atoms with van der Waals surface area (Å²) < 4.78 is 0. The highest BCUT2D eigenvalue weighted by atomic mass is 16.6. The molecule has 0 spiro atoms. The molecule has 32 heavy (non-hydrogen) atoms. The zero-order chi connectivity index (χ0) is 22.3. The van der Waals surface area contributed by atoms with Crippen molar-refractivity contribution >= 4 is 34.1 Å². The Bertz CT molecular complexity index is 1170. The highest BCUT2D eigenvalue weighted by Crippen LogP contribution is 2.23. The Kier molecular flexibility index (Phi) is 6.32. The van der Waals surface area contributed by atoms with E-state index in [2.05, 4.69) is 71.4 Å². The molecule has 0 saturated heterocycles. The average Bonchev–Trinajstić information content (AvgIpc) is 2.81. The van der Waals surface area contributed by atoms with E-state index in [1.165, 1.54) is 23.3 Å². The third-order valence-electron chi connectivity index (χ3n) is 5.04. The Balaban J connectivity index is 1.31. The molecule has 4 aromatic rings. The van der Waals surface area contributed by atoms with Gasteiger partial charge in [-0.05, 0) is 73.2 Å². The van der Waals surface area contributed by atoms with E-state index in [0.717, 1.165) is 35.0 Å². The van der Waals surface area contributed by atoms with Crippen LogP contribution >= 0.6 is 0 Å². The van der Waals surface area contributed by atoms with Crippen LogP contribution in [0.1, 0.15) is 11.1 Å². The third kappa shape index (κ3) is 5.64. The van der Waals surface area contributed by atoms with Gasteiger partial charge in [0.2, 0.25) is 0 Å². The van der Waals surface area contributed by atoms with Crippen LogP contribution in [0.3, 0.4) is 0 Å². The van der Waals surface area contributed by atoms with Crippen LogP contribution in [0, 0.1) is 17.0 Å². The summed E-state index contributed by atoms with van der Waals surface area (Å²) in [6.45, 7) is 2.85. The summed E-state index contributed by atoms with van der Waals surface area (Å²) in [4.78, 5) is 10.3. The van der Waals surface area contributed by atoms with Crippen molar-refractivity contribution in [3.05, 3.63) is 118 Å². The number of hydrogen-bond acceptors (Lipinski definition) is 5. The molecule has 0 radical (unpaired) electrons. The Morgan fingerprint density at radius 2 is 1.03 bits per heavy atom. The van der Waals surface area contributed by atoms with Gasteiger partial charge in [-0.3, -0.25) is 10.1 Å². The molecular formula is C26H24N4O2. The number of benzene rings is 4. The molecule has 0 aromatic heterocycles. The summed E-state index contributed by atoms with van der Waals surface area (Å²) in [5.41, 5.74) is 7.34. The summed E-state index contributed by atoms with van der Waals surface area (Å²) in [7, 11) is 0. The van der Waals surface area contributed by atoms with Crippen LogP contribution in [0.5, 0.6) is 0 Å². The molecule has 160 valence electrons. The summed E-state index contributed by atoms with van der Waals surface area (Å²) in [6.07, 6.45) is 0. The summed E-state index contributed by atoms with van der Waals surface area (Å²) in [5.74, 6) is 0. The fourth-order valence-corrected chi connectivity index (χ4v) is 3.22. The lowest BCUT2D eigenvalue weighted by Crippen LogP contribution is -1.99. The molecule has 0 aliphatic heterocycles. The van der Waals surface area contributed by atoms with Gasteiger partial charge in [-0.2, -0.15) is 0 Å². The topological polar surface area (TPSA) is 79.2 Å². The molecular weight excluding hydrogens is 400 g/mol. The Hall–Kier alpha value is -4.32. The van der Waals surface area contributed by atoms with Gasteiger partial charge < -0.3 is 16.0 Å². The van der Waals surface area contributed by atoms with E-state index in [0.29, 0.717) is 0 Å². The molecule has 4 aromatic carbocycles. The number of nitrogens with zero attached hydrogens (tertiary/aromatic N) is 1. The predicted molar refractivity (Wildman–Crippen MR) is 131 cm³/mol. The van der Waals surface area contributed by atoms with Crippen LogP contribution in [-0.4, -0.2) is 4.92 Å². The van der Waals surface area contributed by atoms with Crippen LogP contribution in [0.2, 0.25) is 0 Å². The van der Waals surface area contributed by atoms with Crippen LogP contribution in [-0.2, 0) is 6.54 Å². The first kappa shape index (κ1) is 20.9. The SMILES string of the molecule is Cc1ccc(NCc2ccc(Nc3ccc(Nc4ccc([N+](=O)[O-])cc4)cc3)cc2)cc1. The molecule has 4 rings (SSSR count). The molecule has 6 heteroatoms. The Morgan fingerprint density at radius 3 is 1.50 bits per heavy atom. The van der Waals surface area contributed by atoms with Crippen molar-refractivity contribution in [3.8, 4) is 0 Å². The molecule has 6 nitrogen and oxygen atoms in total. The maximum absolute atomic E-state index is 10.8. The quantitative estimate of drug-likeness (QED) is 0.210. The van der Waals surface area contributed by atoms with Gasteiger partial charge in [0.05, 0.1) is 4.92 Å². The van der Waals surface area contributed by atoms with Crippen molar-refractivity contribution in [2.24, 2.45) is 0 Å². The van der Waals surface area contributed by atoms with Crippen LogP contribution in [0.25, 0.3) is 0 Å². The van der Waals surface area contributed by atoms with Crippen LogP contribution < -0.4 is 16.0 Å². The van der Waals surface area contributed by atoms with Crippen LogP contribution in [0.4, 0.5) is 34.1 Å². The smallest absolute Gasteiger partial charge is 0.269 e. The van der Waals surface area contributed by atoms with Gasteiger partial charge >= 0.3 is 0 Å². The zero-order valence-corrected chi connectivity index (χ0v) is 17.7. The molecule has 0 aliphatic carbocycles. The Morgan fingerprint density at radius 1 is 0.625 bits per heavy atom. The van der Waals surface area contributed by atoms with E-state index in [1.807, 2.05) is 24.3 Å². The van der Waals surface area contributed by atoms with Crippen molar-refractivity contribution in [1.29, 1.82) is 0 Å². The second-order valence-corrected chi connectivity index (χ2v) is 7.55. The lowest BCUT2D eigenvalue weighted by atomic mass is 10.2. The minimum atomic E-state index is -0.405. The fourth-order valence-electron chi connectivity index (χ4n) is 3.22. The van der Waals surface area contributed by atoms with Gasteiger partial charge in [0, 0.05) is 47.1 Å². The van der Waals surface area contributed by atoms with E-state index in [1.54, 1.807) is 12.1 Å². The van der Waals surface area contributed by atoms with Crippen molar-refractivity contribution in [3.63, 3.8) is 0 Å². The van der Waals surface area contributed by atoms with Gasteiger partial charge in [0.15, 0.2) is 0 Å². The first-order valence-corrected chi connectivity index (χ1v) is 10.3. The summed E-state index contributed by atoms with van der Waals surface area (Å²) >= 11 is 0. The number of rotatable bonds is 8. The molecule has 0 fully saturated rings. The second kappa shape index (κ2) is 9.66. The first-order chi connectivity index (χ1) is 15.5. The minimum absolute atomic E-state index is 0.0760. The molecule has 0 heterocycles. The fraction of sp³-hybridized carbons (Fsp3) is 0.0769. The average molecular weight is 425 g/mol. The molecule has 3 N–H and O–H groups in total. The maximum atomic E-state index is 10.8. The van der Waals surface area contributed by atoms with Gasteiger partial charge in [-0.1, -0.05) is 29.8 Å². The van der Waals surface area contributed by atoms with Crippen molar-refractivity contribution < 1.29 is 4.92 Å². The predicted octanol–water partition coefficient (Wildman–Crippen LogP) is 7.00. The third-order valence-corrected chi connectivity index (χ3v) is 5.04. The standard InChI is InChI=1S/C26H24N4O2/c1-19-2-6-21(7-3-19)27-18-20-4-8-22(9-5-20)28-23-10-12-24(13-11-23)29-25-14-16-26(17-15-25)30(31)32/h2-17,27-29H,18H2,1H3. The first-order valence-electron chi connectivity index (χ1n) is 10.3. The Labute approximate surface area is 187 Å². The highest BCUT2D eigenvalue weighted by molar-refractivity contribution is 5.66. The normalized spacial score (nSPS) is 10.4. The highest BCUT2D eigenvalue weighted by Gasteiger charge is 2.04. The number of nitrogens with one attached hydrogen (secondary N) is 3. The van der Waals surface area contributed by atoms with E-state index in [4.69, 9.17) is 0 Å². The zero-order valence-electron chi connectivity index (χ0n) is 17.7. The summed E-state index contributed by atoms with van der Waals surface area (Å²) in [6, 6.07) is 31.0. The maximum Gasteiger partial charge on any atom is 0.269 e. The van der Waals surface area contributed by atoms with Crippen molar-refractivity contribution in [2.75, 3.05) is 16.0 Å². The molecule has 0 atom stereocenters. The van der Waals surface area contributed by atoms with Crippen molar-refractivity contribution in [2.45, 2.75) is 13.5 Å². The van der Waals surface area contributed by atoms with Gasteiger partial charge in [0.25, 0.3) is 5.69 Å². The van der Waals surface area contributed by atoms with Gasteiger partial charge in [-0.15, -0.1) is 0 Å².